The summed E-state index contributed by atoms with van der Waals surface area (Å²) in [4.78, 5) is 0. The van der Waals surface area contributed by atoms with Gasteiger partial charge < -0.3 is 16.1 Å². The molecule has 0 aliphatic carbocycles. The molecule has 0 fully saturated rings. The second-order valence-corrected chi connectivity index (χ2v) is 3.11. The Morgan fingerprint density at radius 2 is 1.60 bits per heavy atom. The van der Waals surface area contributed by atoms with Crippen molar-refractivity contribution in [3.05, 3.63) is 40.4 Å². The van der Waals surface area contributed by atoms with Crippen LogP contribution >= 0.6 is 0 Å². The van der Waals surface area contributed by atoms with E-state index >= 15 is 0 Å². The molecule has 0 aliphatic heterocycles. The van der Waals surface area contributed by atoms with Crippen LogP contribution in [-0.4, -0.2) is 0 Å². The maximum atomic E-state index is 11.7. The predicted molar refractivity (Wildman–Crippen MR) is 54.2 cm³/mol. The summed E-state index contributed by atoms with van der Waals surface area (Å²) in [5.41, 5.74) is 11.5. The van der Waals surface area contributed by atoms with Gasteiger partial charge in [0.05, 0.1) is 6.54 Å². The van der Waals surface area contributed by atoms with Crippen molar-refractivity contribution in [3.8, 4) is 0 Å². The first kappa shape index (κ1) is 9.47. The first-order valence-corrected chi connectivity index (χ1v) is 4.39. The van der Waals surface area contributed by atoms with Crippen molar-refractivity contribution in [2.45, 2.75) is 6.54 Å². The topological polar surface area (TPSA) is 106 Å². The van der Waals surface area contributed by atoms with Crippen molar-refractivity contribution in [2.75, 3.05) is 5.73 Å². The number of nitrogens with zero attached hydrogens (tertiary/aromatic N) is 2. The van der Waals surface area contributed by atoms with E-state index in [0.717, 1.165) is 0 Å². The maximum absolute atomic E-state index is 11.7. The van der Waals surface area contributed by atoms with Crippen LogP contribution < -0.4 is 20.9 Å². The number of nitrogen functional groups attached to an aromatic ring is 1. The van der Waals surface area contributed by atoms with Crippen LogP contribution in [0.3, 0.4) is 0 Å². The third kappa shape index (κ3) is 1.23. The highest BCUT2D eigenvalue weighted by molar-refractivity contribution is 5.68. The Balaban J connectivity index is 2.96. The van der Waals surface area contributed by atoms with Gasteiger partial charge in [-0.15, -0.1) is 0 Å². The number of para-hydroxylation sites is 2. The molecule has 0 aliphatic rings. The van der Waals surface area contributed by atoms with Gasteiger partial charge in [0.2, 0.25) is 5.52 Å². The van der Waals surface area contributed by atoms with Gasteiger partial charge in [0.25, 0.3) is 11.2 Å². The van der Waals surface area contributed by atoms with Crippen LogP contribution in [0.1, 0.15) is 5.69 Å². The number of fused-ring (bicyclic) bond motifs is 1. The van der Waals surface area contributed by atoms with Gasteiger partial charge in [-0.3, -0.25) is 5.73 Å². The fourth-order valence-electron chi connectivity index (χ4n) is 1.49. The van der Waals surface area contributed by atoms with Crippen LogP contribution in [0.25, 0.3) is 11.0 Å². The average molecular weight is 206 g/mol. The molecule has 6 nitrogen and oxygen atoms in total. The lowest BCUT2D eigenvalue weighted by molar-refractivity contribution is -0.624. The SMILES string of the molecule is NCc1c(N)[n+]([O-])c2ccccc2[n+]1[O-]. The number of hydrogen-bond acceptors (Lipinski definition) is 4. The van der Waals surface area contributed by atoms with Crippen LogP contribution in [-0.2, 0) is 6.54 Å². The highest BCUT2D eigenvalue weighted by atomic mass is 16.5. The van der Waals surface area contributed by atoms with E-state index in [4.69, 9.17) is 11.5 Å². The summed E-state index contributed by atoms with van der Waals surface area (Å²) in [5.74, 6) is -0.147. The third-order valence-corrected chi connectivity index (χ3v) is 2.27. The number of anilines is 1. The highest BCUT2D eigenvalue weighted by Gasteiger charge is 2.21. The van der Waals surface area contributed by atoms with Crippen molar-refractivity contribution in [3.63, 3.8) is 0 Å². The molecule has 2 aromatic rings. The Bertz CT molecular complexity index is 527. The zero-order valence-corrected chi connectivity index (χ0v) is 7.88. The van der Waals surface area contributed by atoms with E-state index < -0.39 is 0 Å². The van der Waals surface area contributed by atoms with E-state index in [1.807, 2.05) is 0 Å². The molecule has 0 radical (unpaired) electrons. The van der Waals surface area contributed by atoms with Crippen LogP contribution in [0, 0.1) is 10.4 Å². The van der Waals surface area contributed by atoms with Crippen molar-refractivity contribution >= 4 is 16.9 Å². The number of nitrogens with two attached hydrogens (primary N) is 2. The molecule has 1 aromatic carbocycles. The van der Waals surface area contributed by atoms with Gasteiger partial charge in [-0.05, 0) is 6.07 Å². The molecule has 2 rings (SSSR count). The minimum absolute atomic E-state index is 0.0671. The number of rotatable bonds is 1. The van der Waals surface area contributed by atoms with Gasteiger partial charge in [-0.1, -0.05) is 12.1 Å². The second-order valence-electron chi connectivity index (χ2n) is 3.11. The molecule has 6 heteroatoms. The summed E-state index contributed by atoms with van der Waals surface area (Å²) >= 11 is 0. The molecule has 1 heterocycles. The van der Waals surface area contributed by atoms with Gasteiger partial charge in [0.15, 0.2) is 0 Å². The summed E-state index contributed by atoms with van der Waals surface area (Å²) in [5, 5.41) is 23.4. The molecule has 15 heavy (non-hydrogen) atoms. The quantitative estimate of drug-likeness (QED) is 0.468. The summed E-state index contributed by atoms with van der Waals surface area (Å²) in [6.45, 7) is -0.0671. The number of benzene rings is 1. The van der Waals surface area contributed by atoms with Gasteiger partial charge in [0, 0.05) is 6.07 Å². The fourth-order valence-corrected chi connectivity index (χ4v) is 1.49. The third-order valence-electron chi connectivity index (χ3n) is 2.27. The van der Waals surface area contributed by atoms with Gasteiger partial charge in [-0.25, -0.2) is 4.73 Å². The summed E-state index contributed by atoms with van der Waals surface area (Å²) in [7, 11) is 0. The minimum Gasteiger partial charge on any atom is -0.710 e. The van der Waals surface area contributed by atoms with E-state index in [1.165, 1.54) is 6.07 Å². The molecule has 0 atom stereocenters. The molecule has 4 N–H and O–H groups in total. The molecular formula is C9H10N4O2. The zero-order chi connectivity index (χ0) is 11.0. The van der Waals surface area contributed by atoms with E-state index in [0.29, 0.717) is 9.46 Å². The predicted octanol–water partition coefficient (Wildman–Crippen LogP) is -0.852. The lowest BCUT2D eigenvalue weighted by Gasteiger charge is -2.12. The Labute approximate surface area is 85.5 Å². The fraction of sp³-hybridized carbons (Fsp3) is 0.111. The minimum atomic E-state index is -0.147. The lowest BCUT2D eigenvalue weighted by atomic mass is 10.3. The molecule has 0 unspecified atom stereocenters. The van der Waals surface area contributed by atoms with E-state index in [2.05, 4.69) is 0 Å². The first-order chi connectivity index (χ1) is 7.16. The largest absolute Gasteiger partial charge is 0.710 e. The van der Waals surface area contributed by atoms with Crippen LogP contribution in [0.2, 0.25) is 0 Å². The molecule has 0 saturated carbocycles. The molecule has 0 spiro atoms. The van der Waals surface area contributed by atoms with Gasteiger partial charge in [0.1, 0.15) is 0 Å². The van der Waals surface area contributed by atoms with Crippen molar-refractivity contribution < 1.29 is 9.46 Å². The Hall–Kier alpha value is -2.08. The first-order valence-electron chi connectivity index (χ1n) is 4.39. The molecule has 78 valence electrons. The van der Waals surface area contributed by atoms with Gasteiger partial charge >= 0.3 is 5.82 Å². The molecule has 0 amide bonds. The van der Waals surface area contributed by atoms with Crippen molar-refractivity contribution in [1.29, 1.82) is 0 Å². The lowest BCUT2D eigenvalue weighted by Crippen LogP contribution is -2.45. The normalized spacial score (nSPS) is 10.7. The smallest absolute Gasteiger partial charge is 0.347 e. The standard InChI is InChI=1S/C9H10N4O2/c10-5-8-9(11)13(15)7-4-2-1-3-6(7)12(8)14/h1-4H,5,10-11H2. The molecule has 1 aromatic heterocycles. The summed E-state index contributed by atoms with van der Waals surface area (Å²) < 4.78 is 1.12. The monoisotopic (exact) mass is 206 g/mol. The van der Waals surface area contributed by atoms with Crippen molar-refractivity contribution in [1.82, 2.24) is 0 Å². The zero-order valence-electron chi connectivity index (χ0n) is 7.88. The number of hydrogen-bond donors (Lipinski definition) is 2. The summed E-state index contributed by atoms with van der Waals surface area (Å²) in [6.07, 6.45) is 0. The summed E-state index contributed by atoms with van der Waals surface area (Å²) in [6, 6.07) is 6.42. The Kier molecular flexibility index (Phi) is 2.05. The van der Waals surface area contributed by atoms with Crippen LogP contribution in [0.15, 0.2) is 24.3 Å². The van der Waals surface area contributed by atoms with Crippen LogP contribution in [0.5, 0.6) is 0 Å². The molecule has 0 saturated heterocycles. The van der Waals surface area contributed by atoms with E-state index in [-0.39, 0.29) is 29.1 Å². The highest BCUT2D eigenvalue weighted by Crippen LogP contribution is 2.09. The van der Waals surface area contributed by atoms with E-state index in [1.54, 1.807) is 18.2 Å². The maximum Gasteiger partial charge on any atom is 0.347 e. The number of aromatic nitrogens is 2. The van der Waals surface area contributed by atoms with E-state index in [9.17, 15) is 10.4 Å². The molecular weight excluding hydrogens is 196 g/mol. The Morgan fingerprint density at radius 3 is 2.13 bits per heavy atom. The Morgan fingerprint density at radius 1 is 1.07 bits per heavy atom. The molecule has 0 bridgehead atoms. The van der Waals surface area contributed by atoms with Crippen molar-refractivity contribution in [2.24, 2.45) is 5.73 Å². The van der Waals surface area contributed by atoms with Gasteiger partial charge in [-0.2, -0.15) is 4.73 Å². The second kappa shape index (κ2) is 3.25. The van der Waals surface area contributed by atoms with Crippen LogP contribution in [0.4, 0.5) is 5.82 Å². The average Bonchev–Trinajstić information content (AvgIpc) is 2.27.